The highest BCUT2D eigenvalue weighted by Gasteiger charge is 2.21. The Morgan fingerprint density at radius 2 is 0.786 bits per heavy atom. The Labute approximate surface area is 175 Å². The van der Waals surface area contributed by atoms with Crippen LogP contribution in [0.3, 0.4) is 0 Å². The summed E-state index contributed by atoms with van der Waals surface area (Å²) < 4.78 is 0. The maximum absolute atomic E-state index is 2.43. The van der Waals surface area contributed by atoms with Crippen molar-refractivity contribution in [3.05, 3.63) is 35.4 Å². The molecular formula is C28H46. The van der Waals surface area contributed by atoms with Crippen LogP contribution >= 0.6 is 0 Å². The second kappa shape index (κ2) is 12.0. The lowest BCUT2D eigenvalue weighted by atomic mass is 9.78. The summed E-state index contributed by atoms with van der Waals surface area (Å²) in [6.45, 7) is 4.68. The summed E-state index contributed by atoms with van der Waals surface area (Å²) in [5.74, 6) is 4.08. The summed E-state index contributed by atoms with van der Waals surface area (Å²) in [5, 5.41) is 0. The molecule has 0 bridgehead atoms. The van der Waals surface area contributed by atoms with E-state index in [0.717, 1.165) is 23.7 Å². The number of hydrogen-bond acceptors (Lipinski definition) is 0. The maximum Gasteiger partial charge on any atom is -0.0276 e. The first-order chi connectivity index (χ1) is 13.8. The Hall–Kier alpha value is -0.780. The molecule has 2 aliphatic rings. The van der Waals surface area contributed by atoms with Crippen LogP contribution in [0.25, 0.3) is 0 Å². The zero-order valence-electron chi connectivity index (χ0n) is 18.9. The zero-order valence-corrected chi connectivity index (χ0v) is 18.9. The van der Waals surface area contributed by atoms with E-state index in [1.165, 1.54) is 103 Å². The summed E-state index contributed by atoms with van der Waals surface area (Å²) in [6.07, 6.45) is 23.1. The van der Waals surface area contributed by atoms with Crippen molar-refractivity contribution >= 4 is 0 Å². The molecule has 0 atom stereocenters. The first kappa shape index (κ1) is 21.9. The van der Waals surface area contributed by atoms with Crippen LogP contribution in [-0.4, -0.2) is 0 Å². The Morgan fingerprint density at radius 1 is 0.500 bits per heavy atom. The maximum atomic E-state index is 2.43. The molecule has 1 aromatic carbocycles. The van der Waals surface area contributed by atoms with Crippen molar-refractivity contribution in [3.63, 3.8) is 0 Å². The average molecular weight is 383 g/mol. The smallest absolute Gasteiger partial charge is 0.0276 e. The molecule has 0 nitrogen and oxygen atoms in total. The number of aryl methyl sites for hydroxylation is 2. The van der Waals surface area contributed by atoms with Crippen LogP contribution in [0, 0.1) is 23.7 Å². The highest BCUT2D eigenvalue weighted by Crippen LogP contribution is 2.35. The quantitative estimate of drug-likeness (QED) is 0.379. The predicted molar refractivity (Wildman–Crippen MR) is 124 cm³/mol. The molecule has 0 unspecified atom stereocenters. The molecule has 0 heterocycles. The van der Waals surface area contributed by atoms with E-state index < -0.39 is 0 Å². The number of rotatable bonds is 10. The highest BCUT2D eigenvalue weighted by atomic mass is 14.3. The lowest BCUT2D eigenvalue weighted by Gasteiger charge is -2.28. The molecule has 158 valence electrons. The largest absolute Gasteiger partial charge is 0.0654 e. The fraction of sp³-hybridized carbons (Fsp3) is 0.786. The molecule has 0 aromatic heterocycles. The molecule has 2 saturated carbocycles. The molecule has 0 saturated heterocycles. The van der Waals surface area contributed by atoms with E-state index in [1.807, 2.05) is 0 Å². The van der Waals surface area contributed by atoms with E-state index in [0.29, 0.717) is 0 Å². The molecule has 28 heavy (non-hydrogen) atoms. The van der Waals surface area contributed by atoms with Gasteiger partial charge in [-0.25, -0.2) is 0 Å². The molecule has 0 aliphatic heterocycles. The van der Waals surface area contributed by atoms with E-state index in [1.54, 1.807) is 11.1 Å². The van der Waals surface area contributed by atoms with Gasteiger partial charge in [0.25, 0.3) is 0 Å². The first-order valence-electron chi connectivity index (χ1n) is 12.8. The van der Waals surface area contributed by atoms with E-state index in [4.69, 9.17) is 0 Å². The lowest BCUT2D eigenvalue weighted by molar-refractivity contribution is 0.252. The van der Waals surface area contributed by atoms with Crippen LogP contribution in [0.4, 0.5) is 0 Å². The third kappa shape index (κ3) is 7.23. The number of benzene rings is 1. The Morgan fingerprint density at radius 3 is 1.07 bits per heavy atom. The van der Waals surface area contributed by atoms with Crippen LogP contribution < -0.4 is 0 Å². The summed E-state index contributed by atoms with van der Waals surface area (Å²) >= 11 is 0. The SMILES string of the molecule is CCC[C@H]1CC[C@H](CCc2ccc(CC[C@H]3CC[C@H](CCC)CC3)cc2)CC1. The molecule has 0 spiro atoms. The molecule has 0 amide bonds. The van der Waals surface area contributed by atoms with Crippen LogP contribution in [0.1, 0.15) is 115 Å². The van der Waals surface area contributed by atoms with Gasteiger partial charge in [0.05, 0.1) is 0 Å². The monoisotopic (exact) mass is 382 g/mol. The summed E-state index contributed by atoms with van der Waals surface area (Å²) in [5.41, 5.74) is 3.14. The molecule has 1 aromatic rings. The molecule has 2 aliphatic carbocycles. The van der Waals surface area contributed by atoms with Gasteiger partial charge >= 0.3 is 0 Å². The molecule has 0 heteroatoms. The normalized spacial score (nSPS) is 28.4. The summed E-state index contributed by atoms with van der Waals surface area (Å²) in [6, 6.07) is 9.71. The Kier molecular flexibility index (Phi) is 9.42. The van der Waals surface area contributed by atoms with Gasteiger partial charge < -0.3 is 0 Å². The van der Waals surface area contributed by atoms with Gasteiger partial charge in [0.2, 0.25) is 0 Å². The third-order valence-corrected chi connectivity index (χ3v) is 8.03. The van der Waals surface area contributed by atoms with Gasteiger partial charge in [0.15, 0.2) is 0 Å². The second-order valence-corrected chi connectivity index (χ2v) is 10.2. The van der Waals surface area contributed by atoms with Crippen molar-refractivity contribution in [1.29, 1.82) is 0 Å². The van der Waals surface area contributed by atoms with Crippen molar-refractivity contribution in [2.24, 2.45) is 23.7 Å². The van der Waals surface area contributed by atoms with Crippen molar-refractivity contribution in [2.45, 2.75) is 117 Å². The molecule has 3 rings (SSSR count). The molecular weight excluding hydrogens is 336 g/mol. The third-order valence-electron chi connectivity index (χ3n) is 8.03. The van der Waals surface area contributed by atoms with Crippen molar-refractivity contribution in [2.75, 3.05) is 0 Å². The molecule has 0 radical (unpaired) electrons. The molecule has 0 N–H and O–H groups in total. The van der Waals surface area contributed by atoms with Crippen LogP contribution in [-0.2, 0) is 12.8 Å². The van der Waals surface area contributed by atoms with Crippen LogP contribution in [0.5, 0.6) is 0 Å². The number of hydrogen-bond donors (Lipinski definition) is 0. The lowest BCUT2D eigenvalue weighted by Crippen LogP contribution is -2.15. The van der Waals surface area contributed by atoms with Crippen molar-refractivity contribution in [1.82, 2.24) is 0 Å². The summed E-state index contributed by atoms with van der Waals surface area (Å²) in [7, 11) is 0. The van der Waals surface area contributed by atoms with Gasteiger partial charge in [-0.15, -0.1) is 0 Å². The second-order valence-electron chi connectivity index (χ2n) is 10.2. The van der Waals surface area contributed by atoms with E-state index >= 15 is 0 Å². The highest BCUT2D eigenvalue weighted by molar-refractivity contribution is 5.22. The Balaban J connectivity index is 1.32. The fourth-order valence-electron chi connectivity index (χ4n) is 6.05. The van der Waals surface area contributed by atoms with Gasteiger partial charge in [-0.05, 0) is 60.5 Å². The van der Waals surface area contributed by atoms with Crippen LogP contribution in [0.15, 0.2) is 24.3 Å². The van der Waals surface area contributed by atoms with Gasteiger partial charge in [-0.1, -0.05) is 115 Å². The minimum Gasteiger partial charge on any atom is -0.0654 e. The Bertz CT molecular complexity index is 462. The van der Waals surface area contributed by atoms with Gasteiger partial charge in [0.1, 0.15) is 0 Å². The standard InChI is InChI=1S/C28H46/c1-3-5-23-7-11-25(12-8-23)15-17-27-19-21-28(22-20-27)18-16-26-13-9-24(6-4-2)10-14-26/h19-26H,3-18H2,1-2H3/t23-,24-,25-,26-. The van der Waals surface area contributed by atoms with Crippen LogP contribution in [0.2, 0.25) is 0 Å². The molecule has 2 fully saturated rings. The first-order valence-corrected chi connectivity index (χ1v) is 12.8. The fourth-order valence-corrected chi connectivity index (χ4v) is 6.05. The zero-order chi connectivity index (χ0) is 19.6. The van der Waals surface area contributed by atoms with Gasteiger partial charge in [-0.3, -0.25) is 0 Å². The summed E-state index contributed by atoms with van der Waals surface area (Å²) in [4.78, 5) is 0. The average Bonchev–Trinajstić information content (AvgIpc) is 2.74. The van der Waals surface area contributed by atoms with Gasteiger partial charge in [-0.2, -0.15) is 0 Å². The topological polar surface area (TPSA) is 0 Å². The predicted octanol–water partition coefficient (Wildman–Crippen LogP) is 8.76. The van der Waals surface area contributed by atoms with E-state index in [9.17, 15) is 0 Å². The van der Waals surface area contributed by atoms with Crippen molar-refractivity contribution < 1.29 is 0 Å². The van der Waals surface area contributed by atoms with E-state index in [2.05, 4.69) is 38.1 Å². The van der Waals surface area contributed by atoms with E-state index in [-0.39, 0.29) is 0 Å². The minimum absolute atomic E-state index is 0.996. The minimum atomic E-state index is 0.996. The van der Waals surface area contributed by atoms with Gasteiger partial charge in [0, 0.05) is 0 Å². The van der Waals surface area contributed by atoms with Crippen molar-refractivity contribution in [3.8, 4) is 0 Å².